The van der Waals surface area contributed by atoms with E-state index in [0.29, 0.717) is 13.0 Å². The van der Waals surface area contributed by atoms with Crippen molar-refractivity contribution in [3.05, 3.63) is 97.2 Å². The van der Waals surface area contributed by atoms with Crippen LogP contribution in [-0.4, -0.2) is 66.3 Å². The van der Waals surface area contributed by atoms with Crippen molar-refractivity contribution in [1.29, 1.82) is 0 Å². The molecule has 3 atom stereocenters. The van der Waals surface area contributed by atoms with E-state index in [1.165, 1.54) is 25.7 Å². The van der Waals surface area contributed by atoms with E-state index < -0.39 is 45.8 Å². The third kappa shape index (κ3) is 44.9. The average Bonchev–Trinajstić information content (AvgIpc) is 3.24. The van der Waals surface area contributed by atoms with Crippen LogP contribution in [0, 0.1) is 0 Å². The monoisotopic (exact) mass is 861 g/mol. The Labute approximate surface area is 366 Å². The van der Waals surface area contributed by atoms with Crippen molar-refractivity contribution in [1.82, 2.24) is 0 Å². The molecule has 0 radical (unpaired) electrons. The Morgan fingerprint density at radius 3 is 1.35 bits per heavy atom. The van der Waals surface area contributed by atoms with Gasteiger partial charge < -0.3 is 24.6 Å². The van der Waals surface area contributed by atoms with E-state index in [0.717, 1.165) is 116 Å². The molecule has 0 saturated carbocycles. The van der Waals surface area contributed by atoms with Crippen LogP contribution in [0.1, 0.15) is 168 Å². The van der Waals surface area contributed by atoms with Crippen LogP contribution < -0.4 is 0 Å². The van der Waals surface area contributed by atoms with Gasteiger partial charge in [-0.15, -0.1) is 0 Å². The fraction of sp³-hybridized carbons (Fsp3) is 0.660. The van der Waals surface area contributed by atoms with Crippen molar-refractivity contribution in [2.45, 2.75) is 180 Å². The van der Waals surface area contributed by atoms with Crippen molar-refractivity contribution >= 4 is 13.8 Å². The standard InChI is InChI=1S/C50H85O9P/c1-3-5-7-9-11-13-15-17-19-21-23-25-27-29-31-33-35-37-39-41-43-56-46-49(47-58-60(54,55)57-45-48(52)44-51)59-50(53)42-40-38-36-34-32-30-28-26-24-22-20-18-16-14-12-10-8-6-4-2/h5-8,11-14,17-20,23-26,48-49,51-52H,3-4,9-10,15-16,21-22,27-47H2,1-2H3,(H,54,55)/b7-5-,8-6-,13-11-,14-12-,19-17-,20-18-,25-23-,26-24-. The predicted molar refractivity (Wildman–Crippen MR) is 251 cm³/mol. The Bertz CT molecular complexity index is 1250. The van der Waals surface area contributed by atoms with E-state index in [4.69, 9.17) is 23.6 Å². The first kappa shape index (κ1) is 57.4. The zero-order valence-electron chi connectivity index (χ0n) is 37.6. The molecular formula is C50H85O9P. The number of phosphoric ester groups is 1. The first-order chi connectivity index (χ1) is 29.3. The van der Waals surface area contributed by atoms with Gasteiger partial charge in [0.25, 0.3) is 0 Å². The van der Waals surface area contributed by atoms with E-state index in [1.54, 1.807) is 0 Å². The molecule has 0 heterocycles. The number of carbonyl (C=O) groups excluding carboxylic acids is 1. The van der Waals surface area contributed by atoms with Crippen LogP contribution in [0.3, 0.4) is 0 Å². The summed E-state index contributed by atoms with van der Waals surface area (Å²) in [6.45, 7) is 3.23. The highest BCUT2D eigenvalue weighted by atomic mass is 31.2. The van der Waals surface area contributed by atoms with E-state index in [1.807, 2.05) is 0 Å². The Hall–Kier alpha value is -2.62. The molecule has 0 rings (SSSR count). The quantitative estimate of drug-likeness (QED) is 0.0237. The van der Waals surface area contributed by atoms with Crippen molar-refractivity contribution < 1.29 is 43.0 Å². The van der Waals surface area contributed by atoms with Crippen molar-refractivity contribution in [2.75, 3.05) is 33.0 Å². The zero-order valence-corrected chi connectivity index (χ0v) is 38.5. The molecule has 0 aliphatic heterocycles. The Balaban J connectivity index is 4.21. The highest BCUT2D eigenvalue weighted by Crippen LogP contribution is 2.43. The maximum absolute atomic E-state index is 12.7. The Kier molecular flexibility index (Phi) is 43.9. The van der Waals surface area contributed by atoms with Gasteiger partial charge in [0, 0.05) is 13.0 Å². The van der Waals surface area contributed by atoms with Gasteiger partial charge in [0.1, 0.15) is 12.2 Å². The third-order valence-corrected chi connectivity index (χ3v) is 10.2. The SMILES string of the molecule is CC/C=C\C/C=C\C/C=C\C/C=C\CCCCCCCCCOCC(COP(=O)(O)OCC(O)CO)OC(=O)CCCCCCCC/C=C\C/C=C\C/C=C\C/C=C\CC. The number of aliphatic hydroxyl groups excluding tert-OH is 2. The summed E-state index contributed by atoms with van der Waals surface area (Å²) in [4.78, 5) is 22.6. The van der Waals surface area contributed by atoms with Gasteiger partial charge in [-0.3, -0.25) is 13.8 Å². The van der Waals surface area contributed by atoms with Crippen LogP contribution in [0.5, 0.6) is 0 Å². The van der Waals surface area contributed by atoms with E-state index in [9.17, 15) is 19.4 Å². The Morgan fingerprint density at radius 1 is 0.517 bits per heavy atom. The largest absolute Gasteiger partial charge is 0.472 e. The molecule has 0 aromatic heterocycles. The number of hydrogen-bond acceptors (Lipinski definition) is 8. The number of rotatable bonds is 43. The highest BCUT2D eigenvalue weighted by Gasteiger charge is 2.26. The molecule has 0 aliphatic carbocycles. The molecule has 60 heavy (non-hydrogen) atoms. The van der Waals surface area contributed by atoms with Crippen molar-refractivity contribution in [2.24, 2.45) is 0 Å². The molecule has 0 aromatic rings. The molecule has 9 nitrogen and oxygen atoms in total. The molecule has 10 heteroatoms. The molecule has 0 saturated heterocycles. The van der Waals surface area contributed by atoms with E-state index in [-0.39, 0.29) is 13.0 Å². The van der Waals surface area contributed by atoms with Gasteiger partial charge in [0.2, 0.25) is 0 Å². The van der Waals surface area contributed by atoms with Crippen molar-refractivity contribution in [3.63, 3.8) is 0 Å². The van der Waals surface area contributed by atoms with Gasteiger partial charge in [-0.2, -0.15) is 0 Å². The van der Waals surface area contributed by atoms with Crippen LogP contribution >= 0.6 is 7.82 Å². The molecule has 0 aliphatic rings. The van der Waals surface area contributed by atoms with Gasteiger partial charge in [-0.25, -0.2) is 4.57 Å². The molecule has 3 N–H and O–H groups in total. The van der Waals surface area contributed by atoms with Crippen LogP contribution in [-0.2, 0) is 27.9 Å². The summed E-state index contributed by atoms with van der Waals surface area (Å²) >= 11 is 0. The number of allylic oxidation sites excluding steroid dienone is 16. The number of unbranched alkanes of at least 4 members (excludes halogenated alkanes) is 13. The predicted octanol–water partition coefficient (Wildman–Crippen LogP) is 13.3. The maximum atomic E-state index is 12.7. The summed E-state index contributed by atoms with van der Waals surface area (Å²) in [6, 6.07) is 0. The lowest BCUT2D eigenvalue weighted by molar-refractivity contribution is -0.154. The Morgan fingerprint density at radius 2 is 0.900 bits per heavy atom. The molecule has 0 spiro atoms. The van der Waals surface area contributed by atoms with E-state index in [2.05, 4.69) is 111 Å². The number of ether oxygens (including phenoxy) is 2. The molecule has 0 bridgehead atoms. The fourth-order valence-corrected chi connectivity index (χ4v) is 6.60. The van der Waals surface area contributed by atoms with Crippen LogP contribution in [0.15, 0.2) is 97.2 Å². The molecule has 344 valence electrons. The topological polar surface area (TPSA) is 132 Å². The minimum atomic E-state index is -4.54. The average molecular weight is 861 g/mol. The third-order valence-electron chi connectivity index (χ3n) is 9.27. The highest BCUT2D eigenvalue weighted by molar-refractivity contribution is 7.47. The maximum Gasteiger partial charge on any atom is 0.472 e. The van der Waals surface area contributed by atoms with Gasteiger partial charge in [-0.05, 0) is 89.9 Å². The molecule has 0 fully saturated rings. The number of carbonyl (C=O) groups is 1. The lowest BCUT2D eigenvalue weighted by atomic mass is 10.1. The lowest BCUT2D eigenvalue weighted by Gasteiger charge is -2.20. The molecular weight excluding hydrogens is 776 g/mol. The summed E-state index contributed by atoms with van der Waals surface area (Å²) in [7, 11) is -4.54. The second kappa shape index (κ2) is 45.9. The second-order valence-electron chi connectivity index (χ2n) is 15.0. The number of hydrogen-bond donors (Lipinski definition) is 3. The van der Waals surface area contributed by atoms with Crippen LogP contribution in [0.25, 0.3) is 0 Å². The lowest BCUT2D eigenvalue weighted by Crippen LogP contribution is -2.29. The summed E-state index contributed by atoms with van der Waals surface area (Å²) in [5.41, 5.74) is 0. The molecule has 3 unspecified atom stereocenters. The van der Waals surface area contributed by atoms with Crippen LogP contribution in [0.4, 0.5) is 0 Å². The van der Waals surface area contributed by atoms with Gasteiger partial charge in [-0.1, -0.05) is 169 Å². The number of phosphoric acid groups is 1. The number of aliphatic hydroxyl groups is 2. The van der Waals surface area contributed by atoms with Crippen molar-refractivity contribution in [3.8, 4) is 0 Å². The summed E-state index contributed by atoms with van der Waals surface area (Å²) < 4.78 is 33.4. The summed E-state index contributed by atoms with van der Waals surface area (Å²) in [6.07, 6.45) is 57.9. The van der Waals surface area contributed by atoms with E-state index >= 15 is 0 Å². The van der Waals surface area contributed by atoms with Gasteiger partial charge in [0.15, 0.2) is 0 Å². The fourth-order valence-electron chi connectivity index (χ4n) is 5.81. The molecule has 0 amide bonds. The second-order valence-corrected chi connectivity index (χ2v) is 16.5. The van der Waals surface area contributed by atoms with Crippen LogP contribution in [0.2, 0.25) is 0 Å². The van der Waals surface area contributed by atoms with Gasteiger partial charge >= 0.3 is 13.8 Å². The van der Waals surface area contributed by atoms with Gasteiger partial charge in [0.05, 0.1) is 26.4 Å². The minimum absolute atomic E-state index is 0.0293. The smallest absolute Gasteiger partial charge is 0.457 e. The summed E-state index contributed by atoms with van der Waals surface area (Å²) in [5, 5.41) is 18.4. The first-order valence-corrected chi connectivity index (χ1v) is 24.7. The zero-order chi connectivity index (χ0) is 43.9. The first-order valence-electron chi connectivity index (χ1n) is 23.2. The molecule has 0 aromatic carbocycles. The summed E-state index contributed by atoms with van der Waals surface area (Å²) in [5.74, 6) is -0.405. The minimum Gasteiger partial charge on any atom is -0.457 e. The normalized spacial score (nSPS) is 14.8. The number of esters is 1.